The molecule has 1 rings (SSSR count). The lowest BCUT2D eigenvalue weighted by Gasteiger charge is -2.23. The molecule has 0 aliphatic carbocycles. The summed E-state index contributed by atoms with van der Waals surface area (Å²) in [5.41, 5.74) is 1.23. The number of nitrogens with zero attached hydrogens (tertiary/aromatic N) is 1. The fraction of sp³-hybridized carbons (Fsp3) is 0.533. The van der Waals surface area contributed by atoms with Crippen molar-refractivity contribution < 1.29 is 0 Å². The molecule has 3 nitrogen and oxygen atoms in total. The summed E-state index contributed by atoms with van der Waals surface area (Å²) < 4.78 is 0.199. The molecule has 0 saturated heterocycles. The second-order valence-corrected chi connectivity index (χ2v) is 7.15. The zero-order valence-corrected chi connectivity index (χ0v) is 17.0. The van der Waals surface area contributed by atoms with Gasteiger partial charge in [-0.2, -0.15) is 11.8 Å². The Morgan fingerprint density at radius 3 is 2.62 bits per heavy atom. The molecule has 21 heavy (non-hydrogen) atoms. The van der Waals surface area contributed by atoms with Crippen molar-refractivity contribution in [2.45, 2.75) is 25.0 Å². The highest BCUT2D eigenvalue weighted by atomic mass is 127. The zero-order chi connectivity index (χ0) is 15.0. The number of halogens is 2. The Balaban J connectivity index is 0.00000400. The van der Waals surface area contributed by atoms with E-state index in [0.29, 0.717) is 0 Å². The second kappa shape index (κ2) is 10.6. The zero-order valence-electron chi connectivity index (χ0n) is 13.1. The monoisotopic (exact) mass is 441 g/mol. The van der Waals surface area contributed by atoms with Gasteiger partial charge in [0.1, 0.15) is 0 Å². The number of rotatable bonds is 6. The minimum absolute atomic E-state index is 0. The lowest BCUT2D eigenvalue weighted by Crippen LogP contribution is -2.43. The summed E-state index contributed by atoms with van der Waals surface area (Å²) in [7, 11) is 1.79. The van der Waals surface area contributed by atoms with E-state index in [2.05, 4.69) is 41.8 Å². The first-order valence-corrected chi connectivity index (χ1v) is 8.31. The molecule has 0 spiro atoms. The number of guanidine groups is 1. The van der Waals surface area contributed by atoms with Crippen LogP contribution in [0.4, 0.5) is 0 Å². The molecule has 0 atom stereocenters. The third kappa shape index (κ3) is 8.78. The van der Waals surface area contributed by atoms with Crippen molar-refractivity contribution in [3.8, 4) is 0 Å². The molecule has 0 radical (unpaired) electrons. The predicted molar refractivity (Wildman–Crippen MR) is 108 cm³/mol. The lowest BCUT2D eigenvalue weighted by molar-refractivity contribution is 0.664. The molecule has 0 aliphatic rings. The smallest absolute Gasteiger partial charge is 0.191 e. The topological polar surface area (TPSA) is 36.4 Å². The highest BCUT2D eigenvalue weighted by molar-refractivity contribution is 14.0. The van der Waals surface area contributed by atoms with Crippen LogP contribution in [-0.4, -0.2) is 37.1 Å². The number of aliphatic imine (C=N–C) groups is 1. The molecular weight excluding hydrogens is 417 g/mol. The van der Waals surface area contributed by atoms with Gasteiger partial charge in [-0.25, -0.2) is 0 Å². The molecule has 6 heteroatoms. The maximum absolute atomic E-state index is 5.97. The first kappa shape index (κ1) is 20.9. The van der Waals surface area contributed by atoms with Crippen LogP contribution in [0.1, 0.15) is 19.4 Å². The molecule has 2 N–H and O–H groups in total. The number of nitrogens with one attached hydrogen (secondary N) is 2. The molecule has 0 bridgehead atoms. The Bertz CT molecular complexity index is 452. The second-order valence-electron chi connectivity index (χ2n) is 5.20. The van der Waals surface area contributed by atoms with Gasteiger partial charge in [0.2, 0.25) is 0 Å². The summed E-state index contributed by atoms with van der Waals surface area (Å²) in [6.45, 7) is 6.14. The van der Waals surface area contributed by atoms with Crippen LogP contribution in [0, 0.1) is 0 Å². The van der Waals surface area contributed by atoms with Crippen LogP contribution in [0.25, 0.3) is 0 Å². The highest BCUT2D eigenvalue weighted by Gasteiger charge is 2.15. The van der Waals surface area contributed by atoms with Gasteiger partial charge in [-0.1, -0.05) is 23.7 Å². The quantitative estimate of drug-likeness (QED) is 0.400. The lowest BCUT2D eigenvalue weighted by atomic mass is 10.1. The van der Waals surface area contributed by atoms with Crippen LogP contribution in [0.3, 0.4) is 0 Å². The van der Waals surface area contributed by atoms with Crippen LogP contribution in [0.2, 0.25) is 5.02 Å². The molecule has 120 valence electrons. The molecule has 0 aromatic heterocycles. The fourth-order valence-corrected chi connectivity index (χ4v) is 2.04. The Hall–Kier alpha value is -0.140. The molecule has 0 saturated carbocycles. The van der Waals surface area contributed by atoms with E-state index in [1.807, 2.05) is 30.0 Å². The molecule has 0 fully saturated rings. The Morgan fingerprint density at radius 1 is 1.33 bits per heavy atom. The minimum Gasteiger partial charge on any atom is -0.356 e. The minimum atomic E-state index is 0. The Labute approximate surface area is 154 Å². The number of hydrogen-bond donors (Lipinski definition) is 2. The Morgan fingerprint density at radius 2 is 2.05 bits per heavy atom. The molecule has 1 aromatic carbocycles. The van der Waals surface area contributed by atoms with Gasteiger partial charge in [0.15, 0.2) is 5.96 Å². The average Bonchev–Trinajstić information content (AvgIpc) is 2.42. The third-order valence-electron chi connectivity index (χ3n) is 3.05. The molecule has 0 amide bonds. The van der Waals surface area contributed by atoms with Crippen LogP contribution >= 0.6 is 47.3 Å². The van der Waals surface area contributed by atoms with E-state index in [9.17, 15) is 0 Å². The van der Waals surface area contributed by atoms with Gasteiger partial charge in [0.05, 0.1) is 0 Å². The highest BCUT2D eigenvalue weighted by Crippen LogP contribution is 2.19. The summed E-state index contributed by atoms with van der Waals surface area (Å²) >= 11 is 7.81. The van der Waals surface area contributed by atoms with Gasteiger partial charge in [-0.15, -0.1) is 24.0 Å². The van der Waals surface area contributed by atoms with Crippen molar-refractivity contribution in [1.29, 1.82) is 0 Å². The van der Waals surface area contributed by atoms with Crippen molar-refractivity contribution in [3.63, 3.8) is 0 Å². The van der Waals surface area contributed by atoms with Crippen molar-refractivity contribution in [3.05, 3.63) is 34.9 Å². The van der Waals surface area contributed by atoms with E-state index in [1.165, 1.54) is 5.56 Å². The summed E-state index contributed by atoms with van der Waals surface area (Å²) in [6.07, 6.45) is 3.05. The normalized spacial score (nSPS) is 11.8. The van der Waals surface area contributed by atoms with E-state index in [0.717, 1.165) is 30.5 Å². The first-order valence-electron chi connectivity index (χ1n) is 6.71. The van der Waals surface area contributed by atoms with E-state index in [4.69, 9.17) is 11.6 Å². The third-order valence-corrected chi connectivity index (χ3v) is 4.54. The van der Waals surface area contributed by atoms with Gasteiger partial charge in [0, 0.05) is 29.9 Å². The maximum Gasteiger partial charge on any atom is 0.191 e. The van der Waals surface area contributed by atoms with Crippen molar-refractivity contribution in [2.24, 2.45) is 4.99 Å². The van der Waals surface area contributed by atoms with Gasteiger partial charge >= 0.3 is 0 Å². The SMILES string of the molecule is CN=C(NCCc1cccc(Cl)c1)NCC(C)(C)SC.I. The van der Waals surface area contributed by atoms with Crippen LogP contribution in [0.15, 0.2) is 29.3 Å². The van der Waals surface area contributed by atoms with Gasteiger partial charge in [-0.3, -0.25) is 4.99 Å². The van der Waals surface area contributed by atoms with E-state index in [1.54, 1.807) is 7.05 Å². The van der Waals surface area contributed by atoms with Crippen LogP contribution in [-0.2, 0) is 6.42 Å². The van der Waals surface area contributed by atoms with Crippen molar-refractivity contribution >= 4 is 53.3 Å². The van der Waals surface area contributed by atoms with Gasteiger partial charge in [-0.05, 0) is 44.2 Å². The van der Waals surface area contributed by atoms with Gasteiger partial charge < -0.3 is 10.6 Å². The van der Waals surface area contributed by atoms with E-state index in [-0.39, 0.29) is 28.7 Å². The average molecular weight is 442 g/mol. The maximum atomic E-state index is 5.97. The first-order chi connectivity index (χ1) is 9.46. The fourth-order valence-electron chi connectivity index (χ4n) is 1.61. The largest absolute Gasteiger partial charge is 0.356 e. The molecule has 0 aliphatic heterocycles. The van der Waals surface area contributed by atoms with E-state index < -0.39 is 0 Å². The van der Waals surface area contributed by atoms with Crippen molar-refractivity contribution in [2.75, 3.05) is 26.4 Å². The molecule has 0 unspecified atom stereocenters. The van der Waals surface area contributed by atoms with Crippen LogP contribution in [0.5, 0.6) is 0 Å². The molecule has 0 heterocycles. The summed E-state index contributed by atoms with van der Waals surface area (Å²) in [5, 5.41) is 7.45. The number of hydrogen-bond acceptors (Lipinski definition) is 2. The summed E-state index contributed by atoms with van der Waals surface area (Å²) in [6, 6.07) is 7.95. The number of benzene rings is 1. The summed E-state index contributed by atoms with van der Waals surface area (Å²) in [5.74, 6) is 0.842. The Kier molecular flexibility index (Phi) is 10.5. The molecular formula is C15H25ClIN3S. The van der Waals surface area contributed by atoms with Crippen LogP contribution < -0.4 is 10.6 Å². The van der Waals surface area contributed by atoms with Gasteiger partial charge in [0.25, 0.3) is 0 Å². The molecule has 1 aromatic rings. The standard InChI is InChI=1S/C15H24ClN3S.HI/c1-15(2,20-4)11-19-14(17-3)18-9-8-12-6-5-7-13(16)10-12;/h5-7,10H,8-9,11H2,1-4H3,(H2,17,18,19);1H. The number of thioether (sulfide) groups is 1. The van der Waals surface area contributed by atoms with Crippen molar-refractivity contribution in [1.82, 2.24) is 10.6 Å². The predicted octanol–water partition coefficient (Wildman–Crippen LogP) is 3.81. The summed E-state index contributed by atoms with van der Waals surface area (Å²) in [4.78, 5) is 4.23. The van der Waals surface area contributed by atoms with E-state index >= 15 is 0 Å².